The van der Waals surface area contributed by atoms with Crippen LogP contribution in [0, 0.1) is 5.92 Å². The van der Waals surface area contributed by atoms with Gasteiger partial charge in [0.2, 0.25) is 5.88 Å². The molecule has 1 aliphatic heterocycles. The van der Waals surface area contributed by atoms with Crippen molar-refractivity contribution in [3.63, 3.8) is 0 Å². The minimum atomic E-state index is 0.628. The summed E-state index contributed by atoms with van der Waals surface area (Å²) in [6.07, 6.45) is 1.20. The van der Waals surface area contributed by atoms with Crippen LogP contribution in [0.15, 0.2) is 36.4 Å². The van der Waals surface area contributed by atoms with E-state index in [1.54, 1.807) is 0 Å². The third-order valence-corrected chi connectivity index (χ3v) is 3.20. The predicted molar refractivity (Wildman–Crippen MR) is 68.2 cm³/mol. The molecule has 2 heterocycles. The average molecular weight is 228 g/mol. The minimum Gasteiger partial charge on any atom is -0.477 e. The van der Waals surface area contributed by atoms with Gasteiger partial charge in [0.25, 0.3) is 0 Å². The molecule has 1 N–H and O–H groups in total. The zero-order chi connectivity index (χ0) is 11.5. The second-order valence-electron chi connectivity index (χ2n) is 4.51. The standard InChI is InChI=1S/C14H16N2O/c1-2-4-13-12(3-1)5-6-14(16-13)17-10-11-7-8-15-9-11/h1-6,11,15H,7-10H2. The smallest absolute Gasteiger partial charge is 0.213 e. The van der Waals surface area contributed by atoms with Crippen molar-refractivity contribution in [1.29, 1.82) is 0 Å². The third kappa shape index (κ3) is 2.39. The summed E-state index contributed by atoms with van der Waals surface area (Å²) < 4.78 is 5.75. The van der Waals surface area contributed by atoms with Crippen molar-refractivity contribution in [2.75, 3.05) is 19.7 Å². The average Bonchev–Trinajstić information content (AvgIpc) is 2.89. The van der Waals surface area contributed by atoms with Crippen LogP contribution in [-0.4, -0.2) is 24.7 Å². The lowest BCUT2D eigenvalue weighted by molar-refractivity contribution is 0.252. The van der Waals surface area contributed by atoms with E-state index in [2.05, 4.69) is 22.4 Å². The summed E-state index contributed by atoms with van der Waals surface area (Å²) in [5, 5.41) is 4.49. The number of para-hydroxylation sites is 1. The fourth-order valence-corrected chi connectivity index (χ4v) is 2.19. The number of nitrogens with zero attached hydrogens (tertiary/aromatic N) is 1. The summed E-state index contributed by atoms with van der Waals surface area (Å²) in [7, 11) is 0. The molecule has 1 saturated heterocycles. The van der Waals surface area contributed by atoms with Crippen LogP contribution >= 0.6 is 0 Å². The number of aromatic nitrogens is 1. The fourth-order valence-electron chi connectivity index (χ4n) is 2.19. The molecule has 0 bridgehead atoms. The molecule has 1 unspecified atom stereocenters. The second kappa shape index (κ2) is 4.72. The summed E-state index contributed by atoms with van der Waals surface area (Å²) in [5.74, 6) is 1.36. The van der Waals surface area contributed by atoms with E-state index in [-0.39, 0.29) is 0 Å². The predicted octanol–water partition coefficient (Wildman–Crippen LogP) is 2.22. The highest BCUT2D eigenvalue weighted by Gasteiger charge is 2.15. The largest absolute Gasteiger partial charge is 0.477 e. The Morgan fingerprint density at radius 1 is 1.24 bits per heavy atom. The molecule has 1 atom stereocenters. The molecule has 3 rings (SSSR count). The summed E-state index contributed by atoms with van der Waals surface area (Å²) >= 11 is 0. The van der Waals surface area contributed by atoms with Gasteiger partial charge in [-0.3, -0.25) is 0 Å². The zero-order valence-electron chi connectivity index (χ0n) is 9.73. The summed E-state index contributed by atoms with van der Waals surface area (Å²) in [4.78, 5) is 4.49. The van der Waals surface area contributed by atoms with Gasteiger partial charge in [-0.2, -0.15) is 0 Å². The topological polar surface area (TPSA) is 34.1 Å². The molecule has 2 aromatic rings. The van der Waals surface area contributed by atoms with Crippen LogP contribution in [0.2, 0.25) is 0 Å². The Balaban J connectivity index is 1.72. The number of ether oxygens (including phenoxy) is 1. The lowest BCUT2D eigenvalue weighted by atomic mass is 10.1. The number of fused-ring (bicyclic) bond motifs is 1. The van der Waals surface area contributed by atoms with E-state index >= 15 is 0 Å². The molecular weight excluding hydrogens is 212 g/mol. The van der Waals surface area contributed by atoms with Crippen molar-refractivity contribution in [1.82, 2.24) is 10.3 Å². The van der Waals surface area contributed by atoms with Crippen molar-refractivity contribution in [2.45, 2.75) is 6.42 Å². The molecule has 1 fully saturated rings. The summed E-state index contributed by atoms with van der Waals surface area (Å²) in [5.41, 5.74) is 0.995. The van der Waals surface area contributed by atoms with Crippen LogP contribution in [0.5, 0.6) is 5.88 Å². The summed E-state index contributed by atoms with van der Waals surface area (Å²) in [6, 6.07) is 12.1. The van der Waals surface area contributed by atoms with Crippen molar-refractivity contribution >= 4 is 10.9 Å². The van der Waals surface area contributed by atoms with Crippen LogP contribution in [0.1, 0.15) is 6.42 Å². The number of rotatable bonds is 3. The van der Waals surface area contributed by atoms with Gasteiger partial charge in [0.05, 0.1) is 12.1 Å². The van der Waals surface area contributed by atoms with Gasteiger partial charge in [-0.25, -0.2) is 4.98 Å². The highest BCUT2D eigenvalue weighted by molar-refractivity contribution is 5.78. The Labute approximate surface area is 101 Å². The number of nitrogens with one attached hydrogen (secondary N) is 1. The van der Waals surface area contributed by atoms with Crippen molar-refractivity contribution in [2.24, 2.45) is 5.92 Å². The maximum atomic E-state index is 5.75. The van der Waals surface area contributed by atoms with Crippen LogP contribution in [0.3, 0.4) is 0 Å². The highest BCUT2D eigenvalue weighted by atomic mass is 16.5. The van der Waals surface area contributed by atoms with Gasteiger partial charge in [-0.15, -0.1) is 0 Å². The second-order valence-corrected chi connectivity index (χ2v) is 4.51. The molecule has 0 saturated carbocycles. The van der Waals surface area contributed by atoms with E-state index in [1.807, 2.05) is 24.3 Å². The van der Waals surface area contributed by atoms with Gasteiger partial charge in [0.1, 0.15) is 0 Å². The first kappa shape index (κ1) is 10.5. The Hall–Kier alpha value is -1.61. The molecule has 1 aromatic carbocycles. The van der Waals surface area contributed by atoms with E-state index in [0.29, 0.717) is 5.92 Å². The Kier molecular flexibility index (Phi) is 2.92. The molecule has 88 valence electrons. The van der Waals surface area contributed by atoms with Gasteiger partial charge in [0.15, 0.2) is 0 Å². The molecule has 0 spiro atoms. The van der Waals surface area contributed by atoms with Crippen LogP contribution in [0.25, 0.3) is 10.9 Å². The van der Waals surface area contributed by atoms with Gasteiger partial charge < -0.3 is 10.1 Å². The first-order valence-electron chi connectivity index (χ1n) is 6.11. The van der Waals surface area contributed by atoms with Gasteiger partial charge in [0, 0.05) is 23.9 Å². The number of pyridine rings is 1. The van der Waals surface area contributed by atoms with E-state index in [1.165, 1.54) is 6.42 Å². The molecule has 1 aromatic heterocycles. The Morgan fingerprint density at radius 2 is 2.18 bits per heavy atom. The van der Waals surface area contributed by atoms with Crippen LogP contribution in [-0.2, 0) is 0 Å². The SMILES string of the molecule is c1ccc2nc(OCC3CCNC3)ccc2c1. The van der Waals surface area contributed by atoms with Crippen LogP contribution in [0.4, 0.5) is 0 Å². The first-order chi connectivity index (χ1) is 8.42. The maximum absolute atomic E-state index is 5.75. The maximum Gasteiger partial charge on any atom is 0.213 e. The van der Waals surface area contributed by atoms with Crippen molar-refractivity contribution in [3.8, 4) is 5.88 Å². The normalized spacial score (nSPS) is 19.6. The molecule has 0 radical (unpaired) electrons. The third-order valence-electron chi connectivity index (χ3n) is 3.20. The molecule has 0 amide bonds. The molecule has 0 aliphatic carbocycles. The highest BCUT2D eigenvalue weighted by Crippen LogP contribution is 2.17. The number of hydrogen-bond acceptors (Lipinski definition) is 3. The van der Waals surface area contributed by atoms with E-state index in [9.17, 15) is 0 Å². The van der Waals surface area contributed by atoms with E-state index < -0.39 is 0 Å². The molecular formula is C14H16N2O. The molecule has 3 nitrogen and oxygen atoms in total. The van der Waals surface area contributed by atoms with Gasteiger partial charge in [-0.05, 0) is 25.1 Å². The Bertz CT molecular complexity index is 506. The molecule has 1 aliphatic rings. The van der Waals surface area contributed by atoms with Gasteiger partial charge >= 0.3 is 0 Å². The minimum absolute atomic E-state index is 0.628. The van der Waals surface area contributed by atoms with E-state index in [4.69, 9.17) is 4.74 Å². The van der Waals surface area contributed by atoms with Crippen molar-refractivity contribution in [3.05, 3.63) is 36.4 Å². The Morgan fingerprint density at radius 3 is 3.06 bits per heavy atom. The van der Waals surface area contributed by atoms with Crippen molar-refractivity contribution < 1.29 is 4.74 Å². The first-order valence-corrected chi connectivity index (χ1v) is 6.11. The monoisotopic (exact) mass is 228 g/mol. The zero-order valence-corrected chi connectivity index (χ0v) is 9.73. The molecule has 3 heteroatoms. The number of benzene rings is 1. The quantitative estimate of drug-likeness (QED) is 0.874. The summed E-state index contributed by atoms with van der Waals surface area (Å²) in [6.45, 7) is 2.94. The lowest BCUT2D eigenvalue weighted by Crippen LogP contribution is -2.15. The van der Waals surface area contributed by atoms with E-state index in [0.717, 1.165) is 36.5 Å². The van der Waals surface area contributed by atoms with Gasteiger partial charge in [-0.1, -0.05) is 18.2 Å². The number of hydrogen-bond donors (Lipinski definition) is 1. The fraction of sp³-hybridized carbons (Fsp3) is 0.357. The van der Waals surface area contributed by atoms with Crippen LogP contribution < -0.4 is 10.1 Å². The lowest BCUT2D eigenvalue weighted by Gasteiger charge is -2.10. The molecule has 17 heavy (non-hydrogen) atoms.